The molecule has 1 aromatic carbocycles. The molecule has 36 heavy (non-hydrogen) atoms. The largest absolute Gasteiger partial charge is 0.508 e. The first-order chi connectivity index (χ1) is 16.9. The highest BCUT2D eigenvalue weighted by molar-refractivity contribution is 6.21. The SMILES string of the molecule is CN(C)c1cc(-c2cncn2C)c(O)c2c1C[C@H]1C[C@H]3CC(=O)C(C(=O)O)=C(O)[C@@]3(O)C(=O)C1=C2O. The number of aryl methyl sites for hydroxylation is 1. The number of nitrogens with zero attached hydrogens (tertiary/aromatic N) is 3. The summed E-state index contributed by atoms with van der Waals surface area (Å²) in [5, 5.41) is 54.0. The second kappa shape index (κ2) is 7.69. The van der Waals surface area contributed by atoms with Gasteiger partial charge in [-0.05, 0) is 30.4 Å². The molecule has 1 aromatic heterocycles. The van der Waals surface area contributed by atoms with E-state index in [4.69, 9.17) is 0 Å². The molecule has 188 valence electrons. The van der Waals surface area contributed by atoms with E-state index in [0.29, 0.717) is 22.5 Å². The molecule has 3 aliphatic carbocycles. The number of benzene rings is 1. The number of carboxylic acids is 1. The van der Waals surface area contributed by atoms with Gasteiger partial charge in [-0.3, -0.25) is 9.59 Å². The number of hydrogen-bond acceptors (Lipinski definition) is 9. The molecule has 0 bridgehead atoms. The van der Waals surface area contributed by atoms with Gasteiger partial charge in [-0.25, -0.2) is 9.78 Å². The predicted molar refractivity (Wildman–Crippen MR) is 126 cm³/mol. The van der Waals surface area contributed by atoms with E-state index < -0.39 is 58.5 Å². The summed E-state index contributed by atoms with van der Waals surface area (Å²) < 4.78 is 1.69. The lowest BCUT2D eigenvalue weighted by molar-refractivity contribution is -0.149. The summed E-state index contributed by atoms with van der Waals surface area (Å²) in [5.74, 6) is -7.43. The van der Waals surface area contributed by atoms with Gasteiger partial charge in [0.05, 0.1) is 23.8 Å². The zero-order valence-corrected chi connectivity index (χ0v) is 19.8. The van der Waals surface area contributed by atoms with E-state index in [2.05, 4.69) is 4.98 Å². The Bertz CT molecular complexity index is 1430. The maximum Gasteiger partial charge on any atom is 0.342 e. The number of hydrogen-bond donors (Lipinski definition) is 5. The fourth-order valence-electron chi connectivity index (χ4n) is 5.85. The molecule has 0 amide bonds. The molecule has 5 N–H and O–H groups in total. The third-order valence-corrected chi connectivity index (χ3v) is 7.58. The minimum Gasteiger partial charge on any atom is -0.508 e. The van der Waals surface area contributed by atoms with E-state index >= 15 is 0 Å². The second-order valence-corrected chi connectivity index (χ2v) is 9.78. The number of aromatic hydroxyl groups is 1. The number of aliphatic hydroxyl groups is 3. The van der Waals surface area contributed by atoms with Crippen molar-refractivity contribution in [3.8, 4) is 17.0 Å². The van der Waals surface area contributed by atoms with E-state index in [9.17, 15) is 39.9 Å². The maximum atomic E-state index is 13.6. The van der Waals surface area contributed by atoms with E-state index in [-0.39, 0.29) is 29.7 Å². The second-order valence-electron chi connectivity index (χ2n) is 9.78. The first-order valence-corrected chi connectivity index (χ1v) is 11.3. The van der Waals surface area contributed by atoms with E-state index in [1.54, 1.807) is 44.3 Å². The number of anilines is 1. The number of aromatic nitrogens is 2. The van der Waals surface area contributed by atoms with Gasteiger partial charge >= 0.3 is 5.97 Å². The monoisotopic (exact) mass is 495 g/mol. The first kappa shape index (κ1) is 23.6. The summed E-state index contributed by atoms with van der Waals surface area (Å²) in [6.07, 6.45) is 2.92. The summed E-state index contributed by atoms with van der Waals surface area (Å²) in [4.78, 5) is 43.5. The lowest BCUT2D eigenvalue weighted by Gasteiger charge is -2.46. The Morgan fingerprint density at radius 3 is 2.47 bits per heavy atom. The van der Waals surface area contributed by atoms with E-state index in [0.717, 1.165) is 0 Å². The number of carbonyl (C=O) groups excluding carboxylic acids is 2. The Labute approximate surface area is 205 Å². The van der Waals surface area contributed by atoms with Crippen LogP contribution in [-0.4, -0.2) is 72.3 Å². The Hall–Kier alpha value is -4.12. The van der Waals surface area contributed by atoms with Gasteiger partial charge in [-0.2, -0.15) is 0 Å². The summed E-state index contributed by atoms with van der Waals surface area (Å²) in [5.41, 5.74) is -1.70. The van der Waals surface area contributed by atoms with E-state index in [1.807, 2.05) is 4.90 Å². The molecule has 11 heteroatoms. The molecular formula is C25H25N3O8. The van der Waals surface area contributed by atoms with Crippen LogP contribution >= 0.6 is 0 Å². The molecule has 0 aliphatic heterocycles. The van der Waals surface area contributed by atoms with Crippen LogP contribution in [0.15, 0.2) is 35.5 Å². The Morgan fingerprint density at radius 1 is 1.19 bits per heavy atom. The average molecular weight is 495 g/mol. The van der Waals surface area contributed by atoms with Gasteiger partial charge in [0.15, 0.2) is 17.1 Å². The number of aliphatic carboxylic acids is 1. The smallest absolute Gasteiger partial charge is 0.342 e. The van der Waals surface area contributed by atoms with Crippen LogP contribution in [0.1, 0.15) is 24.0 Å². The van der Waals surface area contributed by atoms with E-state index in [1.165, 1.54) is 0 Å². The molecule has 1 heterocycles. The molecule has 2 aromatic rings. The molecule has 0 spiro atoms. The quantitative estimate of drug-likeness (QED) is 0.393. The molecule has 1 fully saturated rings. The van der Waals surface area contributed by atoms with Crippen molar-refractivity contribution in [3.05, 3.63) is 46.6 Å². The molecule has 0 unspecified atom stereocenters. The first-order valence-electron chi connectivity index (χ1n) is 11.3. The highest BCUT2D eigenvalue weighted by Gasteiger charge is 2.60. The zero-order valence-electron chi connectivity index (χ0n) is 19.8. The van der Waals surface area contributed by atoms with Gasteiger partial charge in [0.1, 0.15) is 17.1 Å². The topological polar surface area (TPSA) is 173 Å². The molecule has 0 saturated heterocycles. The van der Waals surface area contributed by atoms with Gasteiger partial charge in [-0.1, -0.05) is 0 Å². The van der Waals surface area contributed by atoms with Gasteiger partial charge in [-0.15, -0.1) is 0 Å². The average Bonchev–Trinajstić information content (AvgIpc) is 3.21. The number of carbonyl (C=O) groups is 3. The van der Waals surface area contributed by atoms with Crippen LogP contribution in [0.2, 0.25) is 0 Å². The van der Waals surface area contributed by atoms with Crippen LogP contribution in [0.5, 0.6) is 5.75 Å². The van der Waals surface area contributed by atoms with Crippen molar-refractivity contribution in [2.45, 2.75) is 24.9 Å². The van der Waals surface area contributed by atoms with Crippen molar-refractivity contribution in [3.63, 3.8) is 0 Å². The number of rotatable bonds is 3. The number of phenolic OH excluding ortho intramolecular Hbond substituents is 1. The Morgan fingerprint density at radius 2 is 1.89 bits per heavy atom. The van der Waals surface area contributed by atoms with Crippen molar-refractivity contribution >= 4 is 29.0 Å². The number of Topliss-reactive ketones (excluding diaryl/α,β-unsaturated/α-hetero) is 2. The van der Waals surface area contributed by atoms with Crippen LogP contribution in [0.25, 0.3) is 17.0 Å². The number of phenols is 1. The molecular weight excluding hydrogens is 470 g/mol. The van der Waals surface area contributed by atoms with Crippen molar-refractivity contribution in [2.24, 2.45) is 18.9 Å². The fourth-order valence-corrected chi connectivity index (χ4v) is 5.85. The third kappa shape index (κ3) is 2.95. The summed E-state index contributed by atoms with van der Waals surface area (Å²) in [6, 6.07) is 1.77. The van der Waals surface area contributed by atoms with Crippen LogP contribution in [0.3, 0.4) is 0 Å². The normalized spacial score (nSPS) is 25.4. The number of carboxylic acid groups (broad SMARTS) is 1. The molecule has 5 rings (SSSR count). The molecule has 3 aliphatic rings. The summed E-state index contributed by atoms with van der Waals surface area (Å²) in [7, 11) is 5.35. The van der Waals surface area contributed by atoms with Gasteiger partial charge in [0.2, 0.25) is 5.78 Å². The molecule has 11 nitrogen and oxygen atoms in total. The maximum absolute atomic E-state index is 13.6. The molecule has 1 saturated carbocycles. The highest BCUT2D eigenvalue weighted by Crippen LogP contribution is 2.54. The molecule has 0 radical (unpaired) electrons. The predicted octanol–water partition coefficient (Wildman–Crippen LogP) is 1.49. The Kier molecular flexibility index (Phi) is 5.04. The number of aliphatic hydroxyl groups excluding tert-OH is 2. The summed E-state index contributed by atoms with van der Waals surface area (Å²) in [6.45, 7) is 0. The lowest BCUT2D eigenvalue weighted by atomic mass is 9.59. The van der Waals surface area contributed by atoms with Crippen LogP contribution < -0.4 is 4.90 Å². The standard InChI is InChI=1S/C25H25N3O8/c1-27(2)14-7-13(15-8-26-9-28(15)3)20(30)18-12(14)5-10-4-11-6-16(29)19(24(34)35)23(33)25(11,36)22(32)17(10)21(18)31/h7-11,30-31,33,36H,4-6H2,1-3H3,(H,34,35)/t10-,11+,25+/m1/s1. The van der Waals surface area contributed by atoms with Gasteiger partial charge < -0.3 is 35.0 Å². The van der Waals surface area contributed by atoms with Gasteiger partial charge in [0, 0.05) is 50.3 Å². The van der Waals surface area contributed by atoms with Crippen LogP contribution in [-0.2, 0) is 27.9 Å². The number of imidazole rings is 1. The lowest BCUT2D eigenvalue weighted by Crippen LogP contribution is -2.58. The van der Waals surface area contributed by atoms with Gasteiger partial charge in [0.25, 0.3) is 0 Å². The van der Waals surface area contributed by atoms with Crippen LogP contribution in [0, 0.1) is 11.8 Å². The van der Waals surface area contributed by atoms with Crippen molar-refractivity contribution in [1.29, 1.82) is 0 Å². The zero-order chi connectivity index (χ0) is 26.3. The van der Waals surface area contributed by atoms with Crippen molar-refractivity contribution < 1.29 is 39.9 Å². The van der Waals surface area contributed by atoms with Crippen LogP contribution in [0.4, 0.5) is 5.69 Å². The number of ketones is 2. The third-order valence-electron chi connectivity index (χ3n) is 7.58. The minimum absolute atomic E-state index is 0.0212. The number of fused-ring (bicyclic) bond motifs is 3. The van der Waals surface area contributed by atoms with Crippen molar-refractivity contribution in [1.82, 2.24) is 9.55 Å². The Balaban J connectivity index is 1.76. The fraction of sp³-hybridized carbons (Fsp3) is 0.360. The highest BCUT2D eigenvalue weighted by atomic mass is 16.4. The van der Waals surface area contributed by atoms with Crippen molar-refractivity contribution in [2.75, 3.05) is 19.0 Å². The molecule has 3 atom stereocenters. The summed E-state index contributed by atoms with van der Waals surface area (Å²) >= 11 is 0. The minimum atomic E-state index is -2.67.